The Morgan fingerprint density at radius 2 is 2.06 bits per heavy atom. The van der Waals surface area contributed by atoms with Gasteiger partial charge in [0.25, 0.3) is 5.56 Å². The fourth-order valence-electron chi connectivity index (χ4n) is 3.97. The summed E-state index contributed by atoms with van der Waals surface area (Å²) in [5.41, 5.74) is 9.84. The molecule has 0 saturated carbocycles. The molecule has 9 heteroatoms. The average Bonchev–Trinajstić information content (AvgIpc) is 3.28. The predicted molar refractivity (Wildman–Crippen MR) is 127 cm³/mol. The molecule has 5 rings (SSSR count). The Bertz CT molecular complexity index is 1560. The Balaban J connectivity index is 1.57. The molecule has 0 fully saturated rings. The maximum absolute atomic E-state index is 13.3. The van der Waals surface area contributed by atoms with Crippen LogP contribution in [0.2, 0.25) is 0 Å². The zero-order chi connectivity index (χ0) is 22.4. The third-order valence-corrected chi connectivity index (χ3v) is 6.61. The number of anilines is 1. The van der Waals surface area contributed by atoms with Crippen molar-refractivity contribution in [1.29, 1.82) is 5.41 Å². The van der Waals surface area contributed by atoms with Gasteiger partial charge in [0.05, 0.1) is 17.4 Å². The van der Waals surface area contributed by atoms with Crippen molar-refractivity contribution < 1.29 is 5.11 Å². The number of aryl methyl sites for hydroxylation is 1. The lowest BCUT2D eigenvalue weighted by atomic mass is 10.1. The quantitative estimate of drug-likeness (QED) is 0.284. The normalized spacial score (nSPS) is 11.4. The molecular weight excluding hydrogens is 424 g/mol. The van der Waals surface area contributed by atoms with Crippen LogP contribution in [0.15, 0.2) is 53.5 Å². The molecule has 160 valence electrons. The van der Waals surface area contributed by atoms with Crippen molar-refractivity contribution in [1.82, 2.24) is 19.3 Å². The number of phenols is 1. The molecule has 0 aliphatic heterocycles. The number of benzene rings is 2. The third kappa shape index (κ3) is 3.23. The first-order valence-corrected chi connectivity index (χ1v) is 10.8. The fraction of sp³-hybridized carbons (Fsp3) is 0.130. The van der Waals surface area contributed by atoms with Gasteiger partial charge in [0.15, 0.2) is 5.65 Å². The first kappa shape index (κ1) is 20.0. The minimum Gasteiger partial charge on any atom is -0.508 e. The van der Waals surface area contributed by atoms with Crippen LogP contribution in [-0.2, 0) is 20.0 Å². The van der Waals surface area contributed by atoms with Crippen molar-refractivity contribution in [3.63, 3.8) is 0 Å². The number of aromatic nitrogens is 4. The third-order valence-electron chi connectivity index (χ3n) is 5.53. The van der Waals surface area contributed by atoms with Crippen LogP contribution in [0.3, 0.4) is 0 Å². The summed E-state index contributed by atoms with van der Waals surface area (Å²) in [5.74, 6) is 0.227. The van der Waals surface area contributed by atoms with Crippen LogP contribution in [0.5, 0.6) is 5.75 Å². The van der Waals surface area contributed by atoms with Gasteiger partial charge in [0.1, 0.15) is 16.3 Å². The summed E-state index contributed by atoms with van der Waals surface area (Å²) < 4.78 is 4.12. The van der Waals surface area contributed by atoms with E-state index in [1.807, 2.05) is 29.8 Å². The van der Waals surface area contributed by atoms with Gasteiger partial charge in [-0.2, -0.15) is 5.10 Å². The van der Waals surface area contributed by atoms with Gasteiger partial charge in [-0.3, -0.25) is 4.79 Å². The Hall–Kier alpha value is -3.98. The zero-order valence-electron chi connectivity index (χ0n) is 17.2. The lowest BCUT2D eigenvalue weighted by Gasteiger charge is -2.10. The fourth-order valence-corrected chi connectivity index (χ4v) is 5.11. The maximum Gasteiger partial charge on any atom is 0.291 e. The van der Waals surface area contributed by atoms with Gasteiger partial charge in [-0.25, -0.2) is 9.67 Å². The van der Waals surface area contributed by atoms with Crippen molar-refractivity contribution in [3.05, 3.63) is 80.7 Å². The Labute approximate surface area is 186 Å². The Kier molecular flexibility index (Phi) is 4.75. The molecule has 3 aromatic heterocycles. The summed E-state index contributed by atoms with van der Waals surface area (Å²) in [4.78, 5) is 18.0. The van der Waals surface area contributed by atoms with E-state index in [0.717, 1.165) is 31.9 Å². The van der Waals surface area contributed by atoms with E-state index >= 15 is 0 Å². The molecule has 0 aliphatic carbocycles. The van der Waals surface area contributed by atoms with Crippen molar-refractivity contribution in [3.8, 4) is 5.75 Å². The summed E-state index contributed by atoms with van der Waals surface area (Å²) >= 11 is 1.53. The average molecular weight is 445 g/mol. The minimum atomic E-state index is -0.219. The van der Waals surface area contributed by atoms with Gasteiger partial charge in [0.2, 0.25) is 0 Å². The van der Waals surface area contributed by atoms with Gasteiger partial charge >= 0.3 is 0 Å². The van der Waals surface area contributed by atoms with Crippen molar-refractivity contribution in [2.24, 2.45) is 7.05 Å². The minimum absolute atomic E-state index is 0.219. The number of aromatic hydroxyl groups is 1. The molecule has 0 spiro atoms. The molecule has 8 nitrogen and oxygen atoms in total. The van der Waals surface area contributed by atoms with Crippen LogP contribution in [0.25, 0.3) is 21.3 Å². The highest BCUT2D eigenvalue weighted by molar-refractivity contribution is 7.19. The van der Waals surface area contributed by atoms with Crippen molar-refractivity contribution in [2.75, 3.05) is 5.73 Å². The molecule has 0 radical (unpaired) electrons. The van der Waals surface area contributed by atoms with Gasteiger partial charge in [0, 0.05) is 36.3 Å². The van der Waals surface area contributed by atoms with Crippen LogP contribution in [0.1, 0.15) is 21.7 Å². The van der Waals surface area contributed by atoms with E-state index in [1.54, 1.807) is 30.5 Å². The van der Waals surface area contributed by atoms with Crippen LogP contribution in [0, 0.1) is 5.41 Å². The topological polar surface area (TPSA) is 123 Å². The van der Waals surface area contributed by atoms with E-state index in [4.69, 9.17) is 16.1 Å². The molecule has 32 heavy (non-hydrogen) atoms. The van der Waals surface area contributed by atoms with E-state index in [1.165, 1.54) is 22.2 Å². The predicted octanol–water partition coefficient (Wildman–Crippen LogP) is 3.27. The van der Waals surface area contributed by atoms with E-state index in [2.05, 4.69) is 5.10 Å². The summed E-state index contributed by atoms with van der Waals surface area (Å²) in [6.07, 6.45) is 3.50. The molecular formula is C23H20N6O2S. The molecule has 0 bridgehead atoms. The van der Waals surface area contributed by atoms with E-state index in [-0.39, 0.29) is 17.9 Å². The number of hydrogen-bond acceptors (Lipinski definition) is 7. The highest BCUT2D eigenvalue weighted by atomic mass is 32.1. The number of nitrogens with zero attached hydrogens (tertiary/aromatic N) is 4. The highest BCUT2D eigenvalue weighted by Crippen LogP contribution is 2.32. The van der Waals surface area contributed by atoms with Crippen molar-refractivity contribution in [2.45, 2.75) is 13.0 Å². The summed E-state index contributed by atoms with van der Waals surface area (Å²) in [5, 5.41) is 23.4. The summed E-state index contributed by atoms with van der Waals surface area (Å²) in [6, 6.07) is 12.5. The van der Waals surface area contributed by atoms with Gasteiger partial charge in [-0.05, 0) is 29.3 Å². The highest BCUT2D eigenvalue weighted by Gasteiger charge is 2.19. The summed E-state index contributed by atoms with van der Waals surface area (Å²) in [7, 11) is 1.83. The van der Waals surface area contributed by atoms with Gasteiger partial charge in [-0.1, -0.05) is 24.3 Å². The Morgan fingerprint density at radius 3 is 2.84 bits per heavy atom. The Morgan fingerprint density at radius 1 is 1.25 bits per heavy atom. The number of nitrogens with one attached hydrogen (secondary N) is 1. The van der Waals surface area contributed by atoms with Crippen LogP contribution in [0.4, 0.5) is 5.69 Å². The monoisotopic (exact) mass is 444 g/mol. The molecule has 0 saturated heterocycles. The molecule has 0 amide bonds. The SMILES string of the molecule is Cn1c2nc(Cc3cccc(O)c3)sc2c2cnn(Cc3cccc(N)c3C=N)c(=O)c21. The second kappa shape index (κ2) is 7.61. The molecule has 4 N–H and O–H groups in total. The van der Waals surface area contributed by atoms with Crippen LogP contribution in [-0.4, -0.2) is 30.7 Å². The molecule has 0 atom stereocenters. The van der Waals surface area contributed by atoms with E-state index in [0.29, 0.717) is 23.2 Å². The second-order valence-corrected chi connectivity index (χ2v) is 8.68. The van der Waals surface area contributed by atoms with Crippen LogP contribution >= 0.6 is 11.3 Å². The van der Waals surface area contributed by atoms with E-state index < -0.39 is 0 Å². The number of nitrogens with two attached hydrogens (primary N) is 1. The van der Waals surface area contributed by atoms with Crippen molar-refractivity contribution >= 4 is 44.5 Å². The lowest BCUT2D eigenvalue weighted by Crippen LogP contribution is -2.25. The number of rotatable bonds is 5. The number of phenolic OH excluding ortho intramolecular Hbond substituents is 1. The van der Waals surface area contributed by atoms with Crippen LogP contribution < -0.4 is 11.3 Å². The number of nitrogen functional groups attached to an aromatic ring is 1. The number of fused-ring (bicyclic) bond motifs is 3. The van der Waals surface area contributed by atoms with Gasteiger partial charge in [-0.15, -0.1) is 11.3 Å². The molecule has 0 aliphatic rings. The molecule has 2 aromatic carbocycles. The zero-order valence-corrected chi connectivity index (χ0v) is 18.1. The van der Waals surface area contributed by atoms with E-state index in [9.17, 15) is 9.90 Å². The lowest BCUT2D eigenvalue weighted by molar-refractivity contribution is 0.474. The number of hydrogen-bond donors (Lipinski definition) is 3. The first-order chi connectivity index (χ1) is 15.5. The molecule has 5 aromatic rings. The molecule has 0 unspecified atom stereocenters. The summed E-state index contributed by atoms with van der Waals surface area (Å²) in [6.45, 7) is 0.222. The second-order valence-electron chi connectivity index (χ2n) is 7.60. The smallest absolute Gasteiger partial charge is 0.291 e. The van der Waals surface area contributed by atoms with Gasteiger partial charge < -0.3 is 20.8 Å². The standard InChI is InChI=1S/C23H20N6O2S/c1-28-20-17(21-22(28)27-19(32-21)9-13-4-2-6-15(30)8-13)11-26-29(23(20)31)12-14-5-3-7-18(25)16(14)10-24/h2-8,10-11,24,30H,9,12,25H2,1H3. The molecule has 3 heterocycles. The largest absolute Gasteiger partial charge is 0.508 e. The maximum atomic E-state index is 13.3. The first-order valence-electron chi connectivity index (χ1n) is 9.96. The number of thiazole rings is 1.